The molecule has 0 radical (unpaired) electrons. The fourth-order valence-electron chi connectivity index (χ4n) is 2.36. The SMILES string of the molecule is CC(C)/C=C\N(C)CCOCCOCCOCCCN1C=[N+](C)CC1. The molecule has 0 aliphatic carbocycles. The lowest BCUT2D eigenvalue weighted by Gasteiger charge is -2.14. The van der Waals surface area contributed by atoms with Crippen LogP contribution in [0, 0.1) is 5.92 Å². The minimum atomic E-state index is 0.583. The third kappa shape index (κ3) is 12.8. The zero-order valence-corrected chi connectivity index (χ0v) is 16.7. The molecule has 1 aliphatic heterocycles. The van der Waals surface area contributed by atoms with E-state index in [1.807, 2.05) is 0 Å². The van der Waals surface area contributed by atoms with Crippen LogP contribution in [0.2, 0.25) is 0 Å². The normalized spacial score (nSPS) is 14.8. The first-order chi connectivity index (χ1) is 12.1. The topological polar surface area (TPSA) is 37.2 Å². The van der Waals surface area contributed by atoms with Gasteiger partial charge in [-0.05, 0) is 12.1 Å². The summed E-state index contributed by atoms with van der Waals surface area (Å²) in [5.41, 5.74) is 0. The van der Waals surface area contributed by atoms with Gasteiger partial charge in [0.2, 0.25) is 6.34 Å². The molecule has 0 aromatic carbocycles. The summed E-state index contributed by atoms with van der Waals surface area (Å²) in [7, 11) is 4.18. The molecule has 0 N–H and O–H groups in total. The summed E-state index contributed by atoms with van der Waals surface area (Å²) in [6.45, 7) is 12.7. The van der Waals surface area contributed by atoms with Gasteiger partial charge in [0.25, 0.3) is 0 Å². The maximum absolute atomic E-state index is 5.59. The largest absolute Gasteiger partial charge is 0.379 e. The van der Waals surface area contributed by atoms with E-state index in [1.165, 1.54) is 0 Å². The number of ether oxygens (including phenoxy) is 3. The van der Waals surface area contributed by atoms with Gasteiger partial charge in [-0.1, -0.05) is 19.9 Å². The predicted octanol–water partition coefficient (Wildman–Crippen LogP) is 1.51. The second kappa shape index (κ2) is 14.1. The molecule has 0 amide bonds. The molecule has 6 nitrogen and oxygen atoms in total. The van der Waals surface area contributed by atoms with E-state index in [0.29, 0.717) is 32.3 Å². The van der Waals surface area contributed by atoms with Crippen LogP contribution in [0.5, 0.6) is 0 Å². The van der Waals surface area contributed by atoms with Crippen LogP contribution in [0.1, 0.15) is 20.3 Å². The van der Waals surface area contributed by atoms with E-state index in [9.17, 15) is 0 Å². The van der Waals surface area contributed by atoms with Crippen molar-refractivity contribution in [3.63, 3.8) is 0 Å². The Morgan fingerprint density at radius 1 is 1.08 bits per heavy atom. The van der Waals surface area contributed by atoms with Crippen molar-refractivity contribution in [2.24, 2.45) is 5.92 Å². The van der Waals surface area contributed by atoms with Gasteiger partial charge in [-0.2, -0.15) is 0 Å². The van der Waals surface area contributed by atoms with Gasteiger partial charge in [0.15, 0.2) is 0 Å². The number of nitrogens with zero attached hydrogens (tertiary/aromatic N) is 3. The van der Waals surface area contributed by atoms with E-state index in [1.54, 1.807) is 0 Å². The van der Waals surface area contributed by atoms with Gasteiger partial charge < -0.3 is 19.1 Å². The number of hydrogen-bond acceptors (Lipinski definition) is 5. The second-order valence-electron chi connectivity index (χ2n) is 6.89. The molecule has 0 unspecified atom stereocenters. The van der Waals surface area contributed by atoms with Crippen molar-refractivity contribution in [2.45, 2.75) is 20.3 Å². The lowest BCUT2D eigenvalue weighted by Crippen LogP contribution is -2.22. The fraction of sp³-hybridized carbons (Fsp3) is 0.842. The Morgan fingerprint density at radius 3 is 2.32 bits per heavy atom. The minimum Gasteiger partial charge on any atom is -0.379 e. The van der Waals surface area contributed by atoms with Crippen LogP contribution in [0.25, 0.3) is 0 Å². The molecule has 0 aromatic heterocycles. The Morgan fingerprint density at radius 2 is 1.72 bits per heavy atom. The van der Waals surface area contributed by atoms with E-state index in [4.69, 9.17) is 14.2 Å². The highest BCUT2D eigenvalue weighted by molar-refractivity contribution is 5.50. The van der Waals surface area contributed by atoms with Crippen molar-refractivity contribution in [3.8, 4) is 0 Å². The summed E-state index contributed by atoms with van der Waals surface area (Å²) in [5, 5.41) is 0. The Labute approximate surface area is 154 Å². The molecule has 1 heterocycles. The molecule has 0 fully saturated rings. The van der Waals surface area contributed by atoms with Crippen LogP contribution in [0.15, 0.2) is 12.3 Å². The molecule has 0 saturated carbocycles. The van der Waals surface area contributed by atoms with Gasteiger partial charge in [0, 0.05) is 20.0 Å². The molecular weight excluding hydrogens is 318 g/mol. The third-order valence-corrected chi connectivity index (χ3v) is 3.89. The first kappa shape index (κ1) is 21.9. The maximum atomic E-state index is 5.59. The zero-order valence-electron chi connectivity index (χ0n) is 16.7. The van der Waals surface area contributed by atoms with Crippen LogP contribution in [-0.4, -0.2) is 101 Å². The Hall–Kier alpha value is -1.11. The van der Waals surface area contributed by atoms with Crippen molar-refractivity contribution in [1.82, 2.24) is 9.80 Å². The van der Waals surface area contributed by atoms with Crippen LogP contribution in [-0.2, 0) is 14.2 Å². The van der Waals surface area contributed by atoms with Gasteiger partial charge in [0.05, 0.1) is 53.2 Å². The summed E-state index contributed by atoms with van der Waals surface area (Å²) in [6, 6.07) is 0. The van der Waals surface area contributed by atoms with Gasteiger partial charge >= 0.3 is 0 Å². The van der Waals surface area contributed by atoms with Crippen molar-refractivity contribution in [1.29, 1.82) is 0 Å². The van der Waals surface area contributed by atoms with E-state index in [0.717, 1.165) is 45.8 Å². The van der Waals surface area contributed by atoms with Crippen molar-refractivity contribution in [3.05, 3.63) is 12.3 Å². The highest BCUT2D eigenvalue weighted by atomic mass is 16.5. The molecule has 0 atom stereocenters. The smallest absolute Gasteiger partial charge is 0.234 e. The number of allylic oxidation sites excluding steroid dienone is 1. The molecule has 0 spiro atoms. The highest BCUT2D eigenvalue weighted by Crippen LogP contribution is 1.96. The molecule has 0 saturated heterocycles. The predicted molar refractivity (Wildman–Crippen MR) is 102 cm³/mol. The highest BCUT2D eigenvalue weighted by Gasteiger charge is 2.14. The zero-order chi connectivity index (χ0) is 18.3. The average molecular weight is 357 g/mol. The van der Waals surface area contributed by atoms with Crippen LogP contribution >= 0.6 is 0 Å². The van der Waals surface area contributed by atoms with Crippen molar-refractivity contribution >= 4 is 6.34 Å². The first-order valence-electron chi connectivity index (χ1n) is 9.49. The molecule has 146 valence electrons. The monoisotopic (exact) mass is 356 g/mol. The molecule has 0 aromatic rings. The standard InChI is InChI=1S/C19H38N3O3/c1-19(2)6-8-20(3)11-13-24-15-17-25-16-14-23-12-5-7-22-10-9-21(4)18-22/h6,8,18-19H,5,7,9-17H2,1-4H3/q+1/b8-6-. The fourth-order valence-corrected chi connectivity index (χ4v) is 2.36. The molecular formula is C19H38N3O3+. The van der Waals surface area contributed by atoms with Crippen LogP contribution in [0.3, 0.4) is 0 Å². The molecule has 1 aliphatic rings. The van der Waals surface area contributed by atoms with Gasteiger partial charge in [0.1, 0.15) is 13.1 Å². The summed E-state index contributed by atoms with van der Waals surface area (Å²) >= 11 is 0. The molecule has 25 heavy (non-hydrogen) atoms. The average Bonchev–Trinajstić information content (AvgIpc) is 2.99. The quantitative estimate of drug-likeness (QED) is 0.328. The van der Waals surface area contributed by atoms with E-state index >= 15 is 0 Å². The number of hydrogen-bond donors (Lipinski definition) is 0. The van der Waals surface area contributed by atoms with E-state index in [2.05, 4.69) is 60.9 Å². The van der Waals surface area contributed by atoms with Crippen LogP contribution in [0.4, 0.5) is 0 Å². The third-order valence-electron chi connectivity index (χ3n) is 3.89. The summed E-state index contributed by atoms with van der Waals surface area (Å²) in [5.74, 6) is 0.583. The first-order valence-corrected chi connectivity index (χ1v) is 9.49. The lowest BCUT2D eigenvalue weighted by molar-refractivity contribution is -0.482. The lowest BCUT2D eigenvalue weighted by atomic mass is 10.2. The van der Waals surface area contributed by atoms with Crippen LogP contribution < -0.4 is 0 Å². The van der Waals surface area contributed by atoms with E-state index < -0.39 is 0 Å². The minimum absolute atomic E-state index is 0.583. The second-order valence-corrected chi connectivity index (χ2v) is 6.89. The summed E-state index contributed by atoms with van der Waals surface area (Å²) < 4.78 is 18.9. The number of rotatable bonds is 15. The summed E-state index contributed by atoms with van der Waals surface area (Å²) in [4.78, 5) is 4.49. The van der Waals surface area contributed by atoms with E-state index in [-0.39, 0.29) is 0 Å². The van der Waals surface area contributed by atoms with Gasteiger partial charge in [-0.25, -0.2) is 0 Å². The Balaban J connectivity index is 1.77. The Kier molecular flexibility index (Phi) is 12.4. The Bertz CT molecular complexity index is 386. The number of likely N-dealkylation sites (N-methyl/N-ethyl adjacent to an activating group) is 2. The molecule has 0 bridgehead atoms. The summed E-state index contributed by atoms with van der Waals surface area (Å²) in [6.07, 6.45) is 7.54. The molecule has 1 rings (SSSR count). The molecule has 6 heteroatoms. The maximum Gasteiger partial charge on any atom is 0.234 e. The van der Waals surface area contributed by atoms with Crippen molar-refractivity contribution in [2.75, 3.05) is 79.9 Å². The van der Waals surface area contributed by atoms with Gasteiger partial charge in [-0.3, -0.25) is 9.48 Å². The van der Waals surface area contributed by atoms with Gasteiger partial charge in [-0.15, -0.1) is 0 Å². The van der Waals surface area contributed by atoms with Crippen molar-refractivity contribution < 1.29 is 18.8 Å².